The molecule has 0 fully saturated rings. The molecule has 0 radical (unpaired) electrons. The minimum Gasteiger partial charge on any atom is -0.494 e. The van der Waals surface area contributed by atoms with E-state index in [1.807, 2.05) is 74.5 Å². The van der Waals surface area contributed by atoms with Crippen molar-refractivity contribution < 1.29 is 28.7 Å². The molecule has 12 heteroatoms. The quantitative estimate of drug-likeness (QED) is 0.0939. The number of nitrogens with zero attached hydrogens (tertiary/aromatic N) is 4. The summed E-state index contributed by atoms with van der Waals surface area (Å²) >= 11 is 2.53. The maximum Gasteiger partial charge on any atom is 0.267 e. The first-order valence-electron chi connectivity index (χ1n) is 17.4. The van der Waals surface area contributed by atoms with Crippen LogP contribution in [-0.4, -0.2) is 46.8 Å². The van der Waals surface area contributed by atoms with Crippen molar-refractivity contribution in [3.8, 4) is 11.5 Å². The molecule has 0 saturated heterocycles. The van der Waals surface area contributed by atoms with Gasteiger partial charge in [0.1, 0.15) is 11.5 Å². The van der Waals surface area contributed by atoms with E-state index in [0.29, 0.717) is 79.0 Å². The molecule has 9 aromatic rings. The fraction of sp³-hybridized carbons (Fsp3) is 0.0952. The normalized spacial score (nSPS) is 14.3. The van der Waals surface area contributed by atoms with Crippen LogP contribution in [0.5, 0.6) is 11.5 Å². The van der Waals surface area contributed by atoms with E-state index in [4.69, 9.17) is 9.47 Å². The van der Waals surface area contributed by atoms with Gasteiger partial charge in [0.05, 0.1) is 33.6 Å². The molecule has 11 rings (SSSR count). The van der Waals surface area contributed by atoms with Crippen LogP contribution in [0.15, 0.2) is 84.9 Å². The van der Waals surface area contributed by atoms with Crippen LogP contribution in [0.2, 0.25) is 0 Å². The molecular formula is C42H24N4O6S2. The standard InChI is InChI=1S/C42H24N4O6S2/c1-3-51-19-5-15-29-31(17-19)53-41(43-29)45-37(47)25-11-7-21-23-9-13-27-36-28(14-10-24(34(23)36)22-8-12-26(38(45)48)35(25)33(21)22)40(50)46(39(27)49)42-44-30-16-6-20(52-4-2)18-32(30)54-42/h5-18H,3-4H2,1-2H3. The lowest BCUT2D eigenvalue weighted by molar-refractivity contribution is 0.0877. The third-order valence-electron chi connectivity index (χ3n) is 10.3. The molecule has 0 saturated carbocycles. The number of amides is 4. The van der Waals surface area contributed by atoms with Crippen LogP contribution in [0, 0.1) is 0 Å². The molecule has 2 aliphatic rings. The number of rotatable bonds is 6. The number of anilines is 2. The molecule has 0 bridgehead atoms. The summed E-state index contributed by atoms with van der Waals surface area (Å²) in [4.78, 5) is 68.6. The van der Waals surface area contributed by atoms with Crippen molar-refractivity contribution in [3.05, 3.63) is 107 Å². The molecular weight excluding hydrogens is 721 g/mol. The Balaban J connectivity index is 1.06. The van der Waals surface area contributed by atoms with Crippen LogP contribution in [0.3, 0.4) is 0 Å². The summed E-state index contributed by atoms with van der Waals surface area (Å²) in [6, 6.07) is 25.6. The highest BCUT2D eigenvalue weighted by molar-refractivity contribution is 7.23. The van der Waals surface area contributed by atoms with Gasteiger partial charge < -0.3 is 9.47 Å². The zero-order valence-electron chi connectivity index (χ0n) is 28.6. The molecule has 0 aliphatic carbocycles. The zero-order valence-corrected chi connectivity index (χ0v) is 30.2. The van der Waals surface area contributed by atoms with Gasteiger partial charge in [0.25, 0.3) is 23.6 Å². The number of carbonyl (C=O) groups excluding carboxylic acids is 4. The Labute approximate surface area is 313 Å². The van der Waals surface area contributed by atoms with Gasteiger partial charge >= 0.3 is 0 Å². The summed E-state index contributed by atoms with van der Waals surface area (Å²) < 4.78 is 12.9. The van der Waals surface area contributed by atoms with Gasteiger partial charge in [-0.3, -0.25) is 19.2 Å². The SMILES string of the molecule is CCOc1ccc2nc(N3C(=O)c4ccc5c6ccc7c8c(ccc(c9ccc(c4c59)C3=O)c86)C(=O)N(c3nc4ccc(OCC)cc4s3)C7=O)sc2c1. The minimum absolute atomic E-state index is 0.293. The van der Waals surface area contributed by atoms with E-state index in [0.717, 1.165) is 41.7 Å². The fourth-order valence-corrected chi connectivity index (χ4v) is 10.1. The number of carbonyl (C=O) groups is 4. The average Bonchev–Trinajstić information content (AvgIpc) is 3.79. The van der Waals surface area contributed by atoms with Crippen molar-refractivity contribution in [2.75, 3.05) is 23.0 Å². The fourth-order valence-electron chi connectivity index (χ4n) is 8.11. The molecule has 2 aromatic heterocycles. The van der Waals surface area contributed by atoms with Gasteiger partial charge in [0, 0.05) is 33.0 Å². The van der Waals surface area contributed by atoms with Crippen molar-refractivity contribution in [2.45, 2.75) is 13.8 Å². The van der Waals surface area contributed by atoms with Gasteiger partial charge in [0.15, 0.2) is 0 Å². The van der Waals surface area contributed by atoms with Gasteiger partial charge in [-0.15, -0.1) is 0 Å². The number of hydrogen-bond acceptors (Lipinski definition) is 10. The predicted molar refractivity (Wildman–Crippen MR) is 212 cm³/mol. The Hall–Kier alpha value is -6.50. The first-order chi connectivity index (χ1) is 26.3. The van der Waals surface area contributed by atoms with Gasteiger partial charge in [-0.1, -0.05) is 46.9 Å². The lowest BCUT2D eigenvalue weighted by Crippen LogP contribution is -2.40. The lowest BCUT2D eigenvalue weighted by Gasteiger charge is -2.28. The summed E-state index contributed by atoms with van der Waals surface area (Å²) in [5.41, 5.74) is 2.95. The van der Waals surface area contributed by atoms with Gasteiger partial charge in [-0.2, -0.15) is 0 Å². The summed E-state index contributed by atoms with van der Waals surface area (Å²) in [7, 11) is 0. The maximum absolute atomic E-state index is 14.2. The lowest BCUT2D eigenvalue weighted by atomic mass is 9.82. The second-order valence-electron chi connectivity index (χ2n) is 13.2. The Morgan fingerprint density at radius 2 is 0.833 bits per heavy atom. The van der Waals surface area contributed by atoms with Crippen molar-refractivity contribution in [2.24, 2.45) is 0 Å². The molecule has 260 valence electrons. The third kappa shape index (κ3) is 4.03. The highest BCUT2D eigenvalue weighted by Crippen LogP contribution is 2.48. The molecule has 0 unspecified atom stereocenters. The summed E-state index contributed by atoms with van der Waals surface area (Å²) in [6.07, 6.45) is 0. The Morgan fingerprint density at radius 1 is 0.481 bits per heavy atom. The van der Waals surface area contributed by atoms with Crippen LogP contribution in [0.25, 0.3) is 63.5 Å². The van der Waals surface area contributed by atoms with E-state index < -0.39 is 23.6 Å². The van der Waals surface area contributed by atoms with E-state index >= 15 is 0 Å². The Bertz CT molecular complexity index is 2870. The first kappa shape index (κ1) is 31.1. The molecule has 0 spiro atoms. The van der Waals surface area contributed by atoms with Gasteiger partial charge in [0.2, 0.25) is 10.3 Å². The number of aromatic nitrogens is 2. The molecule has 0 atom stereocenters. The predicted octanol–water partition coefficient (Wildman–Crippen LogP) is 9.36. The van der Waals surface area contributed by atoms with E-state index in [9.17, 15) is 19.2 Å². The number of imide groups is 2. The molecule has 0 N–H and O–H groups in total. The number of ether oxygens (including phenoxy) is 2. The van der Waals surface area contributed by atoms with Gasteiger partial charge in [-0.05, 0) is 107 Å². The second kappa shape index (κ2) is 11.0. The largest absolute Gasteiger partial charge is 0.494 e. The number of benzene rings is 7. The van der Waals surface area contributed by atoms with E-state index in [1.54, 1.807) is 24.3 Å². The smallest absolute Gasteiger partial charge is 0.267 e. The topological polar surface area (TPSA) is 119 Å². The average molecular weight is 745 g/mol. The monoisotopic (exact) mass is 744 g/mol. The van der Waals surface area contributed by atoms with Crippen LogP contribution in [-0.2, 0) is 0 Å². The maximum atomic E-state index is 14.2. The van der Waals surface area contributed by atoms with E-state index in [-0.39, 0.29) is 0 Å². The molecule has 54 heavy (non-hydrogen) atoms. The Kier molecular flexibility index (Phi) is 6.33. The number of thiazole rings is 2. The summed E-state index contributed by atoms with van der Waals surface area (Å²) in [6.45, 7) is 4.85. The highest BCUT2D eigenvalue weighted by Gasteiger charge is 2.39. The molecule has 4 amide bonds. The second-order valence-corrected chi connectivity index (χ2v) is 15.2. The van der Waals surface area contributed by atoms with E-state index in [2.05, 4.69) is 9.97 Å². The molecule has 7 aromatic carbocycles. The van der Waals surface area contributed by atoms with Gasteiger partial charge in [-0.25, -0.2) is 19.8 Å². The third-order valence-corrected chi connectivity index (χ3v) is 12.3. The van der Waals surface area contributed by atoms with Crippen LogP contribution < -0.4 is 19.3 Å². The summed E-state index contributed by atoms with van der Waals surface area (Å²) in [5, 5.41) is 6.58. The molecule has 4 heterocycles. The number of fused-ring (bicyclic) bond motifs is 4. The zero-order chi connectivity index (χ0) is 36.6. The van der Waals surface area contributed by atoms with Crippen molar-refractivity contribution in [1.29, 1.82) is 0 Å². The molecule has 10 nitrogen and oxygen atoms in total. The molecule has 2 aliphatic heterocycles. The summed E-state index contributed by atoms with van der Waals surface area (Å²) in [5.74, 6) is -0.406. The van der Waals surface area contributed by atoms with Crippen LogP contribution >= 0.6 is 22.7 Å². The van der Waals surface area contributed by atoms with Crippen molar-refractivity contribution in [3.63, 3.8) is 0 Å². The Morgan fingerprint density at radius 3 is 1.17 bits per heavy atom. The van der Waals surface area contributed by atoms with Crippen molar-refractivity contribution >= 4 is 120 Å². The van der Waals surface area contributed by atoms with Crippen molar-refractivity contribution in [1.82, 2.24) is 9.97 Å². The highest BCUT2D eigenvalue weighted by atomic mass is 32.1. The number of hydrogen-bond donors (Lipinski definition) is 0. The van der Waals surface area contributed by atoms with Crippen LogP contribution in [0.1, 0.15) is 55.3 Å². The first-order valence-corrected chi connectivity index (χ1v) is 19.0. The van der Waals surface area contributed by atoms with Crippen LogP contribution in [0.4, 0.5) is 10.3 Å². The van der Waals surface area contributed by atoms with E-state index in [1.165, 1.54) is 32.5 Å². The minimum atomic E-state index is -0.448.